The fraction of sp³-hybridized carbons (Fsp3) is 0. The van der Waals surface area contributed by atoms with E-state index in [0.29, 0.717) is 0 Å². The molecule has 1 heterocycles. The van der Waals surface area contributed by atoms with E-state index in [1.807, 2.05) is 11.3 Å². The van der Waals surface area contributed by atoms with Crippen molar-refractivity contribution in [3.05, 3.63) is 95.5 Å². The van der Waals surface area contributed by atoms with E-state index in [9.17, 15) is 0 Å². The summed E-state index contributed by atoms with van der Waals surface area (Å²) in [6, 6.07) is 32.6. The van der Waals surface area contributed by atoms with E-state index in [1.165, 1.54) is 42.4 Å². The quantitative estimate of drug-likeness (QED) is 0.273. The molecule has 0 radical (unpaired) electrons. The summed E-state index contributed by atoms with van der Waals surface area (Å²) in [6.45, 7) is 0. The number of thiophene rings is 1. The summed E-state index contributed by atoms with van der Waals surface area (Å²) in [6.07, 6.45) is 0. The van der Waals surface area contributed by atoms with Crippen molar-refractivity contribution in [3.8, 4) is 20.9 Å². The molecule has 5 aromatic rings. The normalized spacial score (nSPS) is 11.3. The van der Waals surface area contributed by atoms with Crippen LogP contribution in [0.4, 0.5) is 0 Å². The molecule has 4 aromatic carbocycles. The van der Waals surface area contributed by atoms with Gasteiger partial charge in [-0.25, -0.2) is 0 Å². The molecular formula is C24H15BrS. The maximum absolute atomic E-state index is 3.78. The Hall–Kier alpha value is -2.42. The Morgan fingerprint density at radius 3 is 1.73 bits per heavy atom. The number of hydrogen-bond acceptors (Lipinski definition) is 1. The molecule has 0 aliphatic heterocycles. The van der Waals surface area contributed by atoms with Crippen LogP contribution < -0.4 is 0 Å². The average Bonchev–Trinajstić information content (AvgIpc) is 3.09. The molecule has 5 rings (SSSR count). The van der Waals surface area contributed by atoms with Gasteiger partial charge in [-0.2, -0.15) is 0 Å². The molecule has 0 unspecified atom stereocenters. The van der Waals surface area contributed by atoms with Gasteiger partial charge in [-0.3, -0.25) is 0 Å². The molecule has 0 atom stereocenters. The van der Waals surface area contributed by atoms with Crippen LogP contribution in [0.5, 0.6) is 0 Å². The molecular weight excluding hydrogens is 400 g/mol. The minimum atomic E-state index is 1.15. The lowest BCUT2D eigenvalue weighted by Crippen LogP contribution is -1.76. The van der Waals surface area contributed by atoms with Crippen LogP contribution >= 0.6 is 27.3 Å². The second kappa shape index (κ2) is 6.39. The highest BCUT2D eigenvalue weighted by Crippen LogP contribution is 2.42. The molecule has 0 aliphatic carbocycles. The number of halogens is 1. The molecule has 0 saturated heterocycles. The van der Waals surface area contributed by atoms with Crippen molar-refractivity contribution in [1.29, 1.82) is 0 Å². The van der Waals surface area contributed by atoms with Gasteiger partial charge in [0.15, 0.2) is 0 Å². The van der Waals surface area contributed by atoms with Gasteiger partial charge in [-0.05, 0) is 66.8 Å². The summed E-state index contributed by atoms with van der Waals surface area (Å²) in [5, 5.41) is 5.11. The van der Waals surface area contributed by atoms with E-state index in [1.54, 1.807) is 0 Å². The van der Waals surface area contributed by atoms with E-state index in [0.717, 1.165) is 4.47 Å². The molecule has 0 bridgehead atoms. The molecule has 0 nitrogen and oxygen atoms in total. The van der Waals surface area contributed by atoms with Crippen LogP contribution in [0.25, 0.3) is 42.4 Å². The Morgan fingerprint density at radius 2 is 1.08 bits per heavy atom. The largest absolute Gasteiger partial charge is 0.134 e. The zero-order chi connectivity index (χ0) is 17.5. The Kier molecular flexibility index (Phi) is 3.88. The van der Waals surface area contributed by atoms with Gasteiger partial charge in [0.1, 0.15) is 0 Å². The zero-order valence-electron chi connectivity index (χ0n) is 13.9. The fourth-order valence-electron chi connectivity index (χ4n) is 3.38. The van der Waals surface area contributed by atoms with Crippen LogP contribution in [0.1, 0.15) is 0 Å². The predicted octanol–water partition coefficient (Wildman–Crippen LogP) is 8.15. The Morgan fingerprint density at radius 1 is 0.538 bits per heavy atom. The number of benzene rings is 4. The summed E-state index contributed by atoms with van der Waals surface area (Å²) in [5.74, 6) is 0. The SMILES string of the molecule is Brc1cc(-c2ccc3ccccc3c2)sc1-c1ccc2ccccc2c1. The van der Waals surface area contributed by atoms with Gasteiger partial charge in [0.2, 0.25) is 0 Å². The first-order valence-electron chi connectivity index (χ1n) is 8.56. The third-order valence-corrected chi connectivity index (χ3v) is 6.85. The standard InChI is InChI=1S/C24H15BrS/c25-22-15-23(20-11-9-16-5-1-3-7-18(16)13-20)26-24(22)21-12-10-17-6-2-4-8-19(17)14-21/h1-15H. The molecule has 0 N–H and O–H groups in total. The molecule has 0 aliphatic rings. The molecule has 124 valence electrons. The van der Waals surface area contributed by atoms with Gasteiger partial charge < -0.3 is 0 Å². The van der Waals surface area contributed by atoms with Crippen molar-refractivity contribution >= 4 is 48.8 Å². The molecule has 0 fully saturated rings. The molecule has 26 heavy (non-hydrogen) atoms. The first-order chi connectivity index (χ1) is 12.8. The predicted molar refractivity (Wildman–Crippen MR) is 118 cm³/mol. The Bertz CT molecular complexity index is 1250. The van der Waals surface area contributed by atoms with Crippen LogP contribution in [-0.2, 0) is 0 Å². The van der Waals surface area contributed by atoms with Crippen molar-refractivity contribution in [2.45, 2.75) is 0 Å². The lowest BCUT2D eigenvalue weighted by Gasteiger charge is -2.03. The second-order valence-corrected chi connectivity index (χ2v) is 8.32. The summed E-state index contributed by atoms with van der Waals surface area (Å²) in [4.78, 5) is 2.56. The number of fused-ring (bicyclic) bond motifs is 2. The smallest absolute Gasteiger partial charge is 0.0491 e. The van der Waals surface area contributed by atoms with E-state index < -0.39 is 0 Å². The third-order valence-electron chi connectivity index (χ3n) is 4.73. The minimum absolute atomic E-state index is 1.15. The maximum Gasteiger partial charge on any atom is 0.0491 e. The monoisotopic (exact) mass is 414 g/mol. The summed E-state index contributed by atoms with van der Waals surface area (Å²) in [5.41, 5.74) is 2.52. The Balaban J connectivity index is 1.61. The first-order valence-corrected chi connectivity index (χ1v) is 10.2. The van der Waals surface area contributed by atoms with Gasteiger partial charge >= 0.3 is 0 Å². The van der Waals surface area contributed by atoms with Gasteiger partial charge in [0, 0.05) is 14.2 Å². The highest BCUT2D eigenvalue weighted by molar-refractivity contribution is 9.10. The van der Waals surface area contributed by atoms with Crippen LogP contribution in [0.2, 0.25) is 0 Å². The van der Waals surface area contributed by atoms with E-state index in [4.69, 9.17) is 0 Å². The summed E-state index contributed by atoms with van der Waals surface area (Å²) in [7, 11) is 0. The highest BCUT2D eigenvalue weighted by Gasteiger charge is 2.11. The van der Waals surface area contributed by atoms with Crippen LogP contribution in [-0.4, -0.2) is 0 Å². The van der Waals surface area contributed by atoms with Crippen molar-refractivity contribution in [1.82, 2.24) is 0 Å². The van der Waals surface area contributed by atoms with Crippen molar-refractivity contribution in [3.63, 3.8) is 0 Å². The molecule has 2 heteroatoms. The number of rotatable bonds is 2. The lowest BCUT2D eigenvalue weighted by molar-refractivity contribution is 1.71. The average molecular weight is 415 g/mol. The van der Waals surface area contributed by atoms with E-state index >= 15 is 0 Å². The van der Waals surface area contributed by atoms with Gasteiger partial charge in [0.05, 0.1) is 0 Å². The van der Waals surface area contributed by atoms with Gasteiger partial charge in [0.25, 0.3) is 0 Å². The van der Waals surface area contributed by atoms with Crippen molar-refractivity contribution in [2.24, 2.45) is 0 Å². The number of hydrogen-bond donors (Lipinski definition) is 0. The lowest BCUT2D eigenvalue weighted by atomic mass is 10.1. The molecule has 0 amide bonds. The second-order valence-electron chi connectivity index (χ2n) is 6.41. The maximum atomic E-state index is 3.78. The topological polar surface area (TPSA) is 0 Å². The van der Waals surface area contributed by atoms with Crippen molar-refractivity contribution in [2.75, 3.05) is 0 Å². The van der Waals surface area contributed by atoms with E-state index in [2.05, 4.69) is 107 Å². The van der Waals surface area contributed by atoms with Gasteiger partial charge in [-0.15, -0.1) is 11.3 Å². The van der Waals surface area contributed by atoms with Crippen molar-refractivity contribution < 1.29 is 0 Å². The first kappa shape index (κ1) is 15.8. The summed E-state index contributed by atoms with van der Waals surface area (Å²) < 4.78 is 1.15. The fourth-order valence-corrected chi connectivity index (χ4v) is 5.28. The molecule has 0 spiro atoms. The van der Waals surface area contributed by atoms with Crippen LogP contribution in [0.3, 0.4) is 0 Å². The molecule has 0 saturated carbocycles. The van der Waals surface area contributed by atoms with Gasteiger partial charge in [-0.1, -0.05) is 72.8 Å². The summed E-state index contributed by atoms with van der Waals surface area (Å²) >= 11 is 5.61. The molecule has 1 aromatic heterocycles. The zero-order valence-corrected chi connectivity index (χ0v) is 16.3. The third kappa shape index (κ3) is 2.76. The minimum Gasteiger partial charge on any atom is -0.134 e. The Labute approximate surface area is 164 Å². The van der Waals surface area contributed by atoms with Crippen LogP contribution in [0, 0.1) is 0 Å². The van der Waals surface area contributed by atoms with E-state index in [-0.39, 0.29) is 0 Å². The van der Waals surface area contributed by atoms with Crippen LogP contribution in [0.15, 0.2) is 95.5 Å². The highest BCUT2D eigenvalue weighted by atomic mass is 79.9.